The molecule has 0 aromatic carbocycles. The molecule has 0 fully saturated rings. The van der Waals surface area contributed by atoms with Crippen LogP contribution in [0.1, 0.15) is 44.9 Å². The van der Waals surface area contributed by atoms with Gasteiger partial charge in [-0.1, -0.05) is 29.0 Å². The Labute approximate surface area is 158 Å². The highest BCUT2D eigenvalue weighted by atomic mass is 127. The van der Waals surface area contributed by atoms with Crippen molar-refractivity contribution in [3.05, 3.63) is 10.1 Å². The largest absolute Gasteiger partial charge is 0.481 e. The summed E-state index contributed by atoms with van der Waals surface area (Å²) in [5.41, 5.74) is 0. The molecule has 144 valence electrons. The van der Waals surface area contributed by atoms with E-state index in [0.29, 0.717) is 25.7 Å². The molecule has 0 heterocycles. The number of ether oxygens (including phenoxy) is 1. The van der Waals surface area contributed by atoms with Crippen molar-refractivity contribution in [2.75, 3.05) is 17.6 Å². The number of nitrogens with zero attached hydrogens (tertiary/aromatic N) is 1. The minimum absolute atomic E-state index is 0.0419. The van der Waals surface area contributed by atoms with Crippen LogP contribution < -0.4 is 5.32 Å². The Kier molecular flexibility index (Phi) is 13.7. The van der Waals surface area contributed by atoms with Gasteiger partial charge < -0.3 is 20.0 Å². The van der Waals surface area contributed by atoms with Crippen LogP contribution in [0.2, 0.25) is 0 Å². The van der Waals surface area contributed by atoms with E-state index in [1.807, 2.05) is 0 Å². The number of esters is 1. The summed E-state index contributed by atoms with van der Waals surface area (Å²) in [4.78, 5) is 48.6. The standard InChI is InChI=1S/C14H23IN2O8/c15-7-3-5-8-24-14(21)11(10-13(19)20)16-12(18)6-2-1-4-9-25-17(22)23/h11H,1-10H2,(H,16,18)(H,19,20). The lowest BCUT2D eigenvalue weighted by Crippen LogP contribution is -2.43. The Morgan fingerprint density at radius 3 is 2.40 bits per heavy atom. The van der Waals surface area contributed by atoms with Crippen molar-refractivity contribution in [2.24, 2.45) is 0 Å². The number of carboxylic acids is 1. The van der Waals surface area contributed by atoms with Gasteiger partial charge in [0.1, 0.15) is 6.04 Å². The Bertz CT molecular complexity index is 447. The van der Waals surface area contributed by atoms with E-state index in [9.17, 15) is 24.5 Å². The van der Waals surface area contributed by atoms with Gasteiger partial charge in [0, 0.05) is 6.42 Å². The first-order chi connectivity index (χ1) is 11.9. The molecule has 0 rings (SSSR count). The number of carboxylic acid groups (broad SMARTS) is 1. The second-order valence-corrected chi connectivity index (χ2v) is 6.23. The lowest BCUT2D eigenvalue weighted by atomic mass is 10.1. The van der Waals surface area contributed by atoms with E-state index >= 15 is 0 Å². The van der Waals surface area contributed by atoms with E-state index in [4.69, 9.17) is 9.84 Å². The number of hydrogen-bond acceptors (Lipinski definition) is 7. The summed E-state index contributed by atoms with van der Waals surface area (Å²) < 4.78 is 5.92. The number of carbonyl (C=O) groups is 3. The smallest absolute Gasteiger partial charge is 0.329 e. The first kappa shape index (κ1) is 23.3. The zero-order chi connectivity index (χ0) is 19.1. The number of amides is 1. The van der Waals surface area contributed by atoms with Gasteiger partial charge in [-0.3, -0.25) is 9.59 Å². The van der Waals surface area contributed by atoms with Crippen molar-refractivity contribution in [3.63, 3.8) is 0 Å². The third-order valence-corrected chi connectivity index (χ3v) is 3.78. The molecule has 11 heteroatoms. The third kappa shape index (κ3) is 14.4. The summed E-state index contributed by atoms with van der Waals surface area (Å²) in [5.74, 6) is -2.44. The van der Waals surface area contributed by atoms with Gasteiger partial charge in [-0.05, 0) is 30.1 Å². The average molecular weight is 474 g/mol. The number of nitrogens with one attached hydrogen (secondary N) is 1. The molecule has 0 aliphatic rings. The van der Waals surface area contributed by atoms with Gasteiger partial charge in [0.25, 0.3) is 5.09 Å². The molecule has 0 aliphatic carbocycles. The van der Waals surface area contributed by atoms with Crippen LogP contribution in [0, 0.1) is 10.1 Å². The van der Waals surface area contributed by atoms with Crippen molar-refractivity contribution in [1.82, 2.24) is 5.32 Å². The number of unbranched alkanes of at least 4 members (excludes halogenated alkanes) is 3. The van der Waals surface area contributed by atoms with Gasteiger partial charge in [0.05, 0.1) is 19.6 Å². The first-order valence-electron chi connectivity index (χ1n) is 7.88. The maximum Gasteiger partial charge on any atom is 0.329 e. The van der Waals surface area contributed by atoms with Crippen LogP contribution in [0.3, 0.4) is 0 Å². The highest BCUT2D eigenvalue weighted by molar-refractivity contribution is 14.1. The van der Waals surface area contributed by atoms with Crippen molar-refractivity contribution < 1.29 is 34.2 Å². The van der Waals surface area contributed by atoms with Crippen molar-refractivity contribution in [3.8, 4) is 0 Å². The second kappa shape index (κ2) is 14.7. The Balaban J connectivity index is 4.13. The molecule has 0 bridgehead atoms. The van der Waals surface area contributed by atoms with E-state index in [2.05, 4.69) is 32.7 Å². The monoisotopic (exact) mass is 474 g/mol. The molecule has 0 saturated heterocycles. The molecule has 1 atom stereocenters. The molecule has 0 saturated carbocycles. The molecule has 10 nitrogen and oxygen atoms in total. The fourth-order valence-electron chi connectivity index (χ4n) is 1.81. The summed E-state index contributed by atoms with van der Waals surface area (Å²) in [7, 11) is 0. The minimum atomic E-state index is -1.22. The van der Waals surface area contributed by atoms with E-state index in [1.54, 1.807) is 0 Å². The van der Waals surface area contributed by atoms with Gasteiger partial charge in [0.2, 0.25) is 5.91 Å². The van der Waals surface area contributed by atoms with E-state index < -0.39 is 35.4 Å². The van der Waals surface area contributed by atoms with Crippen LogP contribution in [0.25, 0.3) is 0 Å². The summed E-state index contributed by atoms with van der Waals surface area (Å²) in [6.45, 7) is 0.143. The molecule has 1 amide bonds. The molecule has 0 aliphatic heterocycles. The summed E-state index contributed by atoms with van der Waals surface area (Å²) in [5, 5.41) is 20.3. The quantitative estimate of drug-likeness (QED) is 0.0907. The van der Waals surface area contributed by atoms with E-state index in [-0.39, 0.29) is 19.6 Å². The maximum atomic E-state index is 11.9. The highest BCUT2D eigenvalue weighted by Crippen LogP contribution is 2.04. The predicted molar refractivity (Wildman–Crippen MR) is 94.7 cm³/mol. The molecule has 0 aromatic rings. The first-order valence-corrected chi connectivity index (χ1v) is 9.40. The Morgan fingerprint density at radius 2 is 1.80 bits per heavy atom. The zero-order valence-corrected chi connectivity index (χ0v) is 15.9. The van der Waals surface area contributed by atoms with Crippen LogP contribution in [-0.4, -0.2) is 51.7 Å². The van der Waals surface area contributed by atoms with Crippen LogP contribution in [0.5, 0.6) is 0 Å². The lowest BCUT2D eigenvalue weighted by Gasteiger charge is -2.16. The Morgan fingerprint density at radius 1 is 1.12 bits per heavy atom. The number of halogens is 1. The topological polar surface area (TPSA) is 145 Å². The van der Waals surface area contributed by atoms with Gasteiger partial charge in [0.15, 0.2) is 0 Å². The third-order valence-electron chi connectivity index (χ3n) is 3.02. The Hall–Kier alpha value is -1.66. The molecule has 1 unspecified atom stereocenters. The SMILES string of the molecule is O=C(O)CC(NC(=O)CCCCCO[N+](=O)[O-])C(=O)OCCCCI. The molecule has 0 radical (unpaired) electrons. The van der Waals surface area contributed by atoms with Crippen LogP contribution >= 0.6 is 22.6 Å². The lowest BCUT2D eigenvalue weighted by molar-refractivity contribution is -0.757. The van der Waals surface area contributed by atoms with Gasteiger partial charge in [-0.15, -0.1) is 10.1 Å². The molecule has 0 aromatic heterocycles. The molecule has 2 N–H and O–H groups in total. The van der Waals surface area contributed by atoms with E-state index in [1.165, 1.54) is 0 Å². The summed E-state index contributed by atoms with van der Waals surface area (Å²) >= 11 is 2.20. The normalized spacial score (nSPS) is 11.4. The number of alkyl halides is 1. The number of aliphatic carboxylic acids is 1. The summed E-state index contributed by atoms with van der Waals surface area (Å²) in [6.07, 6.45) is 2.48. The van der Waals surface area contributed by atoms with Crippen molar-refractivity contribution in [1.29, 1.82) is 0 Å². The highest BCUT2D eigenvalue weighted by Gasteiger charge is 2.24. The van der Waals surface area contributed by atoms with Crippen LogP contribution in [-0.2, 0) is 24.0 Å². The minimum Gasteiger partial charge on any atom is -0.481 e. The molecule has 25 heavy (non-hydrogen) atoms. The number of carbonyl (C=O) groups excluding carboxylic acids is 2. The average Bonchev–Trinajstić information content (AvgIpc) is 2.53. The zero-order valence-electron chi connectivity index (χ0n) is 13.8. The van der Waals surface area contributed by atoms with Crippen LogP contribution in [0.15, 0.2) is 0 Å². The fourth-order valence-corrected chi connectivity index (χ4v) is 2.35. The van der Waals surface area contributed by atoms with Crippen molar-refractivity contribution >= 4 is 40.4 Å². The molecular formula is C14H23IN2O8. The fraction of sp³-hybridized carbons (Fsp3) is 0.786. The van der Waals surface area contributed by atoms with Gasteiger partial charge in [-0.25, -0.2) is 4.79 Å². The van der Waals surface area contributed by atoms with Crippen LogP contribution in [0.4, 0.5) is 0 Å². The van der Waals surface area contributed by atoms with E-state index in [0.717, 1.165) is 10.8 Å². The van der Waals surface area contributed by atoms with Gasteiger partial charge >= 0.3 is 11.9 Å². The van der Waals surface area contributed by atoms with Gasteiger partial charge in [-0.2, -0.15) is 0 Å². The predicted octanol–water partition coefficient (Wildman–Crippen LogP) is 1.47. The maximum absolute atomic E-state index is 11.9. The summed E-state index contributed by atoms with van der Waals surface area (Å²) in [6, 6.07) is -1.22. The number of rotatable bonds is 15. The number of hydrogen-bond donors (Lipinski definition) is 2. The molecule has 0 spiro atoms. The molecular weight excluding hydrogens is 451 g/mol. The van der Waals surface area contributed by atoms with Crippen molar-refractivity contribution in [2.45, 2.75) is 51.0 Å². The second-order valence-electron chi connectivity index (χ2n) is 5.15.